The Labute approximate surface area is 86.1 Å². The van der Waals surface area contributed by atoms with E-state index >= 15 is 0 Å². The molecule has 1 N–H and O–H groups in total. The molecule has 0 spiro atoms. The maximum absolute atomic E-state index is 11.0. The molecule has 4 nitrogen and oxygen atoms in total. The van der Waals surface area contributed by atoms with Gasteiger partial charge in [-0.05, 0) is 25.1 Å². The first-order valence-electron chi connectivity index (χ1n) is 4.43. The number of aryl methyl sites for hydroxylation is 1. The first kappa shape index (κ1) is 9.58. The number of carbonyl (C=O) groups is 1. The number of hydrogen-bond acceptors (Lipinski definition) is 3. The second-order valence-electron chi connectivity index (χ2n) is 3.26. The Morgan fingerprint density at radius 2 is 2.13 bits per heavy atom. The van der Waals surface area contributed by atoms with E-state index in [9.17, 15) is 4.79 Å². The minimum atomic E-state index is -1.02. The zero-order chi connectivity index (χ0) is 11.0. The van der Waals surface area contributed by atoms with Gasteiger partial charge in [-0.15, -0.1) is 0 Å². The van der Waals surface area contributed by atoms with Crippen molar-refractivity contribution in [2.24, 2.45) is 0 Å². The number of aromatic carboxylic acids is 1. The summed E-state index contributed by atoms with van der Waals surface area (Å²) in [5.74, 6) is 0.176. The van der Waals surface area contributed by atoms with Crippen LogP contribution in [0.1, 0.15) is 16.1 Å². The van der Waals surface area contributed by atoms with Crippen molar-refractivity contribution in [3.05, 3.63) is 29.5 Å². The number of carboxylic acids is 1. The Hall–Kier alpha value is -1.97. The smallest absolute Gasteiger partial charge is 0.339 e. The predicted octanol–water partition coefficient (Wildman–Crippen LogP) is 2.45. The van der Waals surface area contributed by atoms with Gasteiger partial charge in [0.2, 0.25) is 0 Å². The van der Waals surface area contributed by atoms with Crippen LogP contribution in [0.25, 0.3) is 11.0 Å². The molecule has 0 aliphatic carbocycles. The molecule has 0 saturated heterocycles. The van der Waals surface area contributed by atoms with Crippen LogP contribution in [0.4, 0.5) is 0 Å². The number of hydrogen-bond donors (Lipinski definition) is 1. The van der Waals surface area contributed by atoms with Crippen molar-refractivity contribution in [3.63, 3.8) is 0 Å². The molecule has 0 aliphatic heterocycles. The molecule has 0 aliphatic rings. The molecule has 0 atom stereocenters. The highest BCUT2D eigenvalue weighted by Crippen LogP contribution is 2.28. The van der Waals surface area contributed by atoms with Gasteiger partial charge in [0.05, 0.1) is 7.11 Å². The maximum Gasteiger partial charge on any atom is 0.339 e. The van der Waals surface area contributed by atoms with E-state index in [1.807, 2.05) is 0 Å². The monoisotopic (exact) mass is 206 g/mol. The lowest BCUT2D eigenvalue weighted by molar-refractivity contribution is 0.0697. The summed E-state index contributed by atoms with van der Waals surface area (Å²) in [4.78, 5) is 11.0. The van der Waals surface area contributed by atoms with Crippen molar-refractivity contribution in [2.75, 3.05) is 7.11 Å². The molecule has 0 bridgehead atoms. The third kappa shape index (κ3) is 1.54. The van der Waals surface area contributed by atoms with Gasteiger partial charge in [-0.3, -0.25) is 0 Å². The number of fused-ring (bicyclic) bond motifs is 1. The largest absolute Gasteiger partial charge is 0.497 e. The fourth-order valence-electron chi connectivity index (χ4n) is 1.53. The molecule has 1 aromatic carbocycles. The molecule has 0 radical (unpaired) electrons. The van der Waals surface area contributed by atoms with Crippen molar-refractivity contribution in [1.82, 2.24) is 0 Å². The predicted molar refractivity (Wildman–Crippen MR) is 54.5 cm³/mol. The van der Waals surface area contributed by atoms with E-state index in [1.165, 1.54) is 13.2 Å². The van der Waals surface area contributed by atoms with Crippen molar-refractivity contribution < 1.29 is 19.1 Å². The molecular formula is C11H10O4. The summed E-state index contributed by atoms with van der Waals surface area (Å²) < 4.78 is 10.3. The van der Waals surface area contributed by atoms with Crippen LogP contribution in [0.2, 0.25) is 0 Å². The van der Waals surface area contributed by atoms with Gasteiger partial charge in [-0.25, -0.2) is 4.79 Å². The van der Waals surface area contributed by atoms with Gasteiger partial charge in [0.25, 0.3) is 0 Å². The summed E-state index contributed by atoms with van der Waals surface area (Å²) in [6.07, 6.45) is 0. The van der Waals surface area contributed by atoms with E-state index in [4.69, 9.17) is 14.3 Å². The van der Waals surface area contributed by atoms with E-state index in [0.29, 0.717) is 17.1 Å². The van der Waals surface area contributed by atoms with Crippen molar-refractivity contribution in [1.29, 1.82) is 0 Å². The van der Waals surface area contributed by atoms with Gasteiger partial charge in [-0.1, -0.05) is 0 Å². The number of furan rings is 1. The van der Waals surface area contributed by atoms with Crippen molar-refractivity contribution in [2.45, 2.75) is 6.92 Å². The van der Waals surface area contributed by atoms with Crippen LogP contribution >= 0.6 is 0 Å². The fourth-order valence-corrected chi connectivity index (χ4v) is 1.53. The minimum Gasteiger partial charge on any atom is -0.497 e. The topological polar surface area (TPSA) is 59.7 Å². The summed E-state index contributed by atoms with van der Waals surface area (Å²) in [7, 11) is 1.50. The zero-order valence-corrected chi connectivity index (χ0v) is 8.40. The summed E-state index contributed by atoms with van der Waals surface area (Å²) >= 11 is 0. The second kappa shape index (κ2) is 3.31. The average Bonchev–Trinajstić information content (AvgIpc) is 2.55. The summed E-state index contributed by atoms with van der Waals surface area (Å²) in [6, 6.07) is 4.98. The number of benzene rings is 1. The van der Waals surface area contributed by atoms with Crippen LogP contribution in [0, 0.1) is 6.92 Å². The Kier molecular flexibility index (Phi) is 2.11. The molecule has 0 fully saturated rings. The Balaban J connectivity index is 2.79. The number of ether oxygens (including phenoxy) is 1. The van der Waals surface area contributed by atoms with Gasteiger partial charge in [0, 0.05) is 5.39 Å². The average molecular weight is 206 g/mol. The van der Waals surface area contributed by atoms with Crippen molar-refractivity contribution >= 4 is 16.9 Å². The van der Waals surface area contributed by atoms with Crippen LogP contribution in [0.3, 0.4) is 0 Å². The van der Waals surface area contributed by atoms with E-state index in [0.717, 1.165) is 5.39 Å². The maximum atomic E-state index is 11.0. The Morgan fingerprint density at radius 1 is 1.40 bits per heavy atom. The first-order valence-corrected chi connectivity index (χ1v) is 4.43. The minimum absolute atomic E-state index is 0.123. The molecule has 1 heterocycles. The van der Waals surface area contributed by atoms with Gasteiger partial charge in [0.15, 0.2) is 0 Å². The van der Waals surface area contributed by atoms with Gasteiger partial charge < -0.3 is 14.3 Å². The molecule has 2 aromatic rings. The molecule has 78 valence electrons. The van der Waals surface area contributed by atoms with Crippen LogP contribution in [0.15, 0.2) is 22.6 Å². The quantitative estimate of drug-likeness (QED) is 0.819. The van der Waals surface area contributed by atoms with Crippen LogP contribution in [-0.2, 0) is 0 Å². The van der Waals surface area contributed by atoms with Crippen LogP contribution in [0.5, 0.6) is 5.75 Å². The highest BCUT2D eigenvalue weighted by atomic mass is 16.5. The molecule has 1 aromatic heterocycles. The Morgan fingerprint density at radius 3 is 2.73 bits per heavy atom. The zero-order valence-electron chi connectivity index (χ0n) is 8.40. The normalized spacial score (nSPS) is 10.5. The molecule has 4 heteroatoms. The van der Waals surface area contributed by atoms with Crippen LogP contribution < -0.4 is 4.74 Å². The van der Waals surface area contributed by atoms with Gasteiger partial charge in [-0.2, -0.15) is 0 Å². The molecule has 0 unspecified atom stereocenters. The lowest BCUT2D eigenvalue weighted by Gasteiger charge is -2.01. The third-order valence-corrected chi connectivity index (χ3v) is 2.18. The number of carboxylic acid groups (broad SMARTS) is 1. The van der Waals surface area contributed by atoms with Gasteiger partial charge >= 0.3 is 5.97 Å². The lowest BCUT2D eigenvalue weighted by Crippen LogP contribution is -1.97. The van der Waals surface area contributed by atoms with Crippen LogP contribution in [-0.4, -0.2) is 18.2 Å². The first-order chi connectivity index (χ1) is 7.11. The van der Waals surface area contributed by atoms with E-state index in [1.54, 1.807) is 19.1 Å². The van der Waals surface area contributed by atoms with E-state index < -0.39 is 5.97 Å². The van der Waals surface area contributed by atoms with E-state index in [2.05, 4.69) is 0 Å². The van der Waals surface area contributed by atoms with Gasteiger partial charge in [0.1, 0.15) is 22.7 Å². The summed E-state index contributed by atoms with van der Waals surface area (Å²) in [5, 5.41) is 9.74. The molecule has 2 rings (SSSR count). The second-order valence-corrected chi connectivity index (χ2v) is 3.26. The third-order valence-electron chi connectivity index (χ3n) is 2.18. The summed E-state index contributed by atoms with van der Waals surface area (Å²) in [6.45, 7) is 1.78. The lowest BCUT2D eigenvalue weighted by atomic mass is 10.1. The number of rotatable bonds is 2. The van der Waals surface area contributed by atoms with Crippen molar-refractivity contribution in [3.8, 4) is 5.75 Å². The molecule has 0 saturated carbocycles. The summed E-state index contributed by atoms with van der Waals surface area (Å²) in [5.41, 5.74) is 0.512. The SMILES string of the molecule is COc1cc(C(=O)O)c2oc(C)cc2c1. The van der Waals surface area contributed by atoms with E-state index in [-0.39, 0.29) is 5.56 Å². The molecule has 15 heavy (non-hydrogen) atoms. The highest BCUT2D eigenvalue weighted by molar-refractivity contribution is 6.02. The molecule has 0 amide bonds. The number of methoxy groups -OCH3 is 1. The molecular weight excluding hydrogens is 196 g/mol. The standard InChI is InChI=1S/C11H10O4/c1-6-3-7-4-8(14-2)5-9(11(12)13)10(7)15-6/h3-5H,1-2H3,(H,12,13). The fraction of sp³-hybridized carbons (Fsp3) is 0.182. The Bertz CT molecular complexity index is 525. The highest BCUT2D eigenvalue weighted by Gasteiger charge is 2.14.